The van der Waals surface area contributed by atoms with Crippen molar-refractivity contribution in [3.63, 3.8) is 0 Å². The van der Waals surface area contributed by atoms with Crippen molar-refractivity contribution in [2.75, 3.05) is 14.2 Å². The number of carbonyl (C=O) groups is 2. The maximum atomic E-state index is 12.5. The van der Waals surface area contributed by atoms with Gasteiger partial charge in [-0.3, -0.25) is 9.59 Å². The van der Waals surface area contributed by atoms with Gasteiger partial charge in [0, 0.05) is 17.5 Å². The summed E-state index contributed by atoms with van der Waals surface area (Å²) in [6, 6.07) is 4.24. The molecule has 9 heteroatoms. The fourth-order valence-electron chi connectivity index (χ4n) is 4.14. The Balaban J connectivity index is 2.16. The Morgan fingerprint density at radius 3 is 2.25 bits per heavy atom. The summed E-state index contributed by atoms with van der Waals surface area (Å²) in [6.45, 7) is 2.84. The van der Waals surface area contributed by atoms with Gasteiger partial charge in [-0.2, -0.15) is 0 Å². The molecule has 1 atom stereocenters. The monoisotopic (exact) mass is 440 g/mol. The lowest BCUT2D eigenvalue weighted by molar-refractivity contribution is -0.135. The summed E-state index contributed by atoms with van der Waals surface area (Å²) < 4.78 is 21.3. The largest absolute Gasteiger partial charge is 0.506 e. The lowest BCUT2D eigenvalue weighted by Gasteiger charge is -2.28. The van der Waals surface area contributed by atoms with E-state index in [1.807, 2.05) is 0 Å². The molecule has 32 heavy (non-hydrogen) atoms. The van der Waals surface area contributed by atoms with Crippen LogP contribution in [0.5, 0.6) is 28.7 Å². The molecule has 9 nitrogen and oxygen atoms in total. The third-order valence-electron chi connectivity index (χ3n) is 5.54. The molecule has 0 saturated heterocycles. The highest BCUT2D eigenvalue weighted by atomic mass is 16.5. The van der Waals surface area contributed by atoms with E-state index in [0.29, 0.717) is 11.1 Å². The molecule has 0 fully saturated rings. The predicted molar refractivity (Wildman–Crippen MR) is 112 cm³/mol. The highest BCUT2D eigenvalue weighted by Gasteiger charge is 2.38. The van der Waals surface area contributed by atoms with Crippen LogP contribution in [0.15, 0.2) is 27.4 Å². The predicted octanol–water partition coefficient (Wildman–Crippen LogP) is 3.17. The van der Waals surface area contributed by atoms with Gasteiger partial charge >= 0.3 is 11.6 Å². The molecule has 4 rings (SSSR count). The van der Waals surface area contributed by atoms with E-state index in [2.05, 4.69) is 0 Å². The first-order valence-electron chi connectivity index (χ1n) is 9.67. The Morgan fingerprint density at radius 1 is 1.06 bits per heavy atom. The first kappa shape index (κ1) is 21.2. The van der Waals surface area contributed by atoms with E-state index >= 15 is 0 Å². The van der Waals surface area contributed by atoms with Crippen molar-refractivity contribution < 1.29 is 38.4 Å². The number of aryl methyl sites for hydroxylation is 1. The third kappa shape index (κ3) is 3.13. The van der Waals surface area contributed by atoms with Crippen LogP contribution in [0.25, 0.3) is 11.0 Å². The second kappa shape index (κ2) is 7.60. The molecule has 3 aromatic rings. The minimum Gasteiger partial charge on any atom is -0.506 e. The van der Waals surface area contributed by atoms with Crippen molar-refractivity contribution in [3.05, 3.63) is 50.9 Å². The number of hydrogen-bond donors (Lipinski definition) is 2. The zero-order valence-corrected chi connectivity index (χ0v) is 17.8. The van der Waals surface area contributed by atoms with Gasteiger partial charge < -0.3 is 28.8 Å². The van der Waals surface area contributed by atoms with Crippen LogP contribution in [-0.4, -0.2) is 36.2 Å². The minimum atomic E-state index is -0.749. The molecule has 1 unspecified atom stereocenters. The average molecular weight is 440 g/mol. The Morgan fingerprint density at radius 2 is 1.69 bits per heavy atom. The van der Waals surface area contributed by atoms with Crippen molar-refractivity contribution >= 4 is 22.7 Å². The number of hydrogen-bond acceptors (Lipinski definition) is 9. The normalized spacial score (nSPS) is 15.2. The highest BCUT2D eigenvalue weighted by molar-refractivity contribution is 6.09. The van der Waals surface area contributed by atoms with Gasteiger partial charge in [0.1, 0.15) is 16.9 Å². The number of aromatic hydroxyl groups is 2. The van der Waals surface area contributed by atoms with Crippen LogP contribution in [0.1, 0.15) is 46.3 Å². The van der Waals surface area contributed by atoms with Gasteiger partial charge in [0.2, 0.25) is 5.75 Å². The summed E-state index contributed by atoms with van der Waals surface area (Å²) in [5.41, 5.74) is 0.314. The van der Waals surface area contributed by atoms with Gasteiger partial charge in [-0.15, -0.1) is 0 Å². The van der Waals surface area contributed by atoms with E-state index in [9.17, 15) is 24.6 Å². The zero-order chi connectivity index (χ0) is 23.3. The molecule has 2 N–H and O–H groups in total. The molecule has 0 amide bonds. The van der Waals surface area contributed by atoms with Crippen LogP contribution in [0.3, 0.4) is 0 Å². The van der Waals surface area contributed by atoms with Crippen molar-refractivity contribution in [3.8, 4) is 28.7 Å². The lowest BCUT2D eigenvalue weighted by atomic mass is 9.82. The fraction of sp³-hybridized carbons (Fsp3) is 0.261. The number of esters is 1. The van der Waals surface area contributed by atoms with Crippen molar-refractivity contribution in [2.45, 2.75) is 26.2 Å². The van der Waals surface area contributed by atoms with Crippen molar-refractivity contribution in [1.82, 2.24) is 0 Å². The molecule has 2 heterocycles. The summed E-state index contributed by atoms with van der Waals surface area (Å²) in [5, 5.41) is 21.3. The van der Waals surface area contributed by atoms with E-state index < -0.39 is 29.0 Å². The summed E-state index contributed by atoms with van der Waals surface area (Å²) in [6.07, 6.45) is -0.154. The van der Waals surface area contributed by atoms with Crippen LogP contribution in [0.4, 0.5) is 0 Å². The van der Waals surface area contributed by atoms with E-state index in [1.165, 1.54) is 39.3 Å². The lowest BCUT2D eigenvalue weighted by Crippen LogP contribution is -2.24. The van der Waals surface area contributed by atoms with E-state index in [1.54, 1.807) is 6.92 Å². The maximum Gasteiger partial charge on any atom is 0.336 e. The highest BCUT2D eigenvalue weighted by Crippen LogP contribution is 2.51. The zero-order valence-electron chi connectivity index (χ0n) is 17.8. The molecule has 0 aliphatic carbocycles. The number of Topliss-reactive ketones (excluding diaryl/α,β-unsaturated/α-hetero) is 1. The number of ketones is 1. The van der Waals surface area contributed by atoms with Crippen molar-refractivity contribution in [1.29, 1.82) is 0 Å². The van der Waals surface area contributed by atoms with Gasteiger partial charge in [0.15, 0.2) is 23.0 Å². The minimum absolute atomic E-state index is 0.0102. The number of methoxy groups -OCH3 is 2. The summed E-state index contributed by atoms with van der Waals surface area (Å²) in [5.74, 6) is -2.53. The molecule has 0 bridgehead atoms. The summed E-state index contributed by atoms with van der Waals surface area (Å²) in [4.78, 5) is 37.1. The quantitative estimate of drug-likeness (QED) is 0.272. The Bertz CT molecular complexity index is 1330. The third-order valence-corrected chi connectivity index (χ3v) is 5.54. The number of benzene rings is 2. The Hall–Kier alpha value is -4.01. The van der Waals surface area contributed by atoms with Crippen LogP contribution in [-0.2, 0) is 4.79 Å². The number of ether oxygens (including phenoxy) is 3. The number of phenolic OH excluding ortho intramolecular Hbond substituents is 2. The molecule has 1 aliphatic rings. The molecule has 1 aromatic heterocycles. The first-order valence-corrected chi connectivity index (χ1v) is 9.67. The molecule has 0 spiro atoms. The SMILES string of the molecule is COc1cc(C2CC(=O)Oc3c(C(C)=O)c(O)c4c(C)cc(=O)oc4c32)cc(OC)c1O. The molecule has 0 saturated carbocycles. The number of fused-ring (bicyclic) bond motifs is 3. The Labute approximate surface area is 181 Å². The fourth-order valence-corrected chi connectivity index (χ4v) is 4.14. The second-order valence-corrected chi connectivity index (χ2v) is 7.48. The molecule has 1 aliphatic heterocycles. The molecule has 2 aromatic carbocycles. The van der Waals surface area contributed by atoms with Crippen LogP contribution in [0, 0.1) is 6.92 Å². The summed E-state index contributed by atoms with van der Waals surface area (Å²) >= 11 is 0. The number of carbonyl (C=O) groups excluding carboxylic acids is 2. The second-order valence-electron chi connectivity index (χ2n) is 7.48. The average Bonchev–Trinajstić information content (AvgIpc) is 2.72. The van der Waals surface area contributed by atoms with Crippen molar-refractivity contribution in [2.24, 2.45) is 0 Å². The van der Waals surface area contributed by atoms with Crippen LogP contribution >= 0.6 is 0 Å². The number of phenols is 2. The molecular weight excluding hydrogens is 420 g/mol. The summed E-state index contributed by atoms with van der Waals surface area (Å²) in [7, 11) is 2.73. The van der Waals surface area contributed by atoms with Crippen LogP contribution in [0.2, 0.25) is 0 Å². The van der Waals surface area contributed by atoms with Gasteiger partial charge in [0.25, 0.3) is 0 Å². The Kier molecular flexibility index (Phi) is 5.04. The van der Waals surface area contributed by atoms with E-state index in [-0.39, 0.29) is 51.5 Å². The topological polar surface area (TPSA) is 132 Å². The maximum absolute atomic E-state index is 12.5. The van der Waals surface area contributed by atoms with Crippen LogP contribution < -0.4 is 19.8 Å². The van der Waals surface area contributed by atoms with Gasteiger partial charge in [-0.25, -0.2) is 4.79 Å². The van der Waals surface area contributed by atoms with E-state index in [4.69, 9.17) is 18.6 Å². The molecular formula is C23H20O9. The van der Waals surface area contributed by atoms with Gasteiger partial charge in [-0.05, 0) is 37.1 Å². The standard InChI is InChI=1S/C23H20O9/c1-9-5-15(25)31-22-17(9)21(28)18(10(2)24)23-19(22)12(8-16(26)32-23)11-6-13(29-3)20(27)14(7-11)30-4/h5-7,12,27-28H,8H2,1-4H3. The van der Waals surface area contributed by atoms with Gasteiger partial charge in [-0.1, -0.05) is 0 Å². The first-order chi connectivity index (χ1) is 15.2. The smallest absolute Gasteiger partial charge is 0.336 e. The molecule has 0 radical (unpaired) electrons. The van der Waals surface area contributed by atoms with E-state index in [0.717, 1.165) is 0 Å². The number of rotatable bonds is 4. The van der Waals surface area contributed by atoms with Gasteiger partial charge in [0.05, 0.1) is 26.0 Å². The molecule has 166 valence electrons.